The topological polar surface area (TPSA) is 0 Å². The van der Waals surface area contributed by atoms with Gasteiger partial charge in [-0.05, 0) is 0 Å². The summed E-state index contributed by atoms with van der Waals surface area (Å²) >= 11 is 0. The van der Waals surface area contributed by atoms with Crippen molar-refractivity contribution < 1.29 is 0 Å². The Bertz CT molecular complexity index is 78.3. The summed E-state index contributed by atoms with van der Waals surface area (Å²) in [7, 11) is -0.376. The van der Waals surface area contributed by atoms with Crippen LogP contribution in [-0.2, 0) is 0 Å². The Balaban J connectivity index is 0. The zero-order valence-corrected chi connectivity index (χ0v) is 13.7. The first kappa shape index (κ1) is 16.8. The van der Waals surface area contributed by atoms with E-state index < -0.39 is 0 Å². The zero-order valence-electron chi connectivity index (χ0n) is 11.4. The van der Waals surface area contributed by atoms with Crippen LogP contribution in [0.1, 0.15) is 39.5 Å². The number of hydrogen-bond donors (Lipinski definition) is 0. The first-order chi connectivity index (χ1) is 6.54. The molecule has 0 saturated carbocycles. The molecule has 0 heterocycles. The van der Waals surface area contributed by atoms with Crippen molar-refractivity contribution in [3.05, 3.63) is 0 Å². The van der Waals surface area contributed by atoms with E-state index in [4.69, 9.17) is 0 Å². The smallest absolute Gasteiger partial charge is 0.0305 e. The van der Waals surface area contributed by atoms with Crippen LogP contribution >= 0.6 is 0 Å². The van der Waals surface area contributed by atoms with Crippen molar-refractivity contribution in [2.24, 2.45) is 0 Å². The Morgan fingerprint density at radius 3 is 1.00 bits per heavy atom. The largest absolute Gasteiger partial charge is 0.0722 e. The second-order valence-electron chi connectivity index (χ2n) is 5.07. The van der Waals surface area contributed by atoms with E-state index in [2.05, 4.69) is 40.0 Å². The first-order valence-electron chi connectivity index (χ1n) is 6.54. The van der Waals surface area contributed by atoms with E-state index in [-0.39, 0.29) is 17.6 Å². The predicted octanol–water partition coefficient (Wildman–Crippen LogP) is 4.55. The molecule has 0 aliphatic carbocycles. The minimum Gasteiger partial charge on any atom is -0.0722 e. The minimum atomic E-state index is -0.188. The van der Waals surface area contributed by atoms with Gasteiger partial charge in [0.2, 0.25) is 0 Å². The summed E-state index contributed by atoms with van der Waals surface area (Å²) in [5, 5.41) is 0. The van der Waals surface area contributed by atoms with Crippen molar-refractivity contribution in [2.45, 2.75) is 77.8 Å². The van der Waals surface area contributed by atoms with Crippen LogP contribution in [-0.4, -0.2) is 17.6 Å². The summed E-state index contributed by atoms with van der Waals surface area (Å²) in [6, 6.07) is 3.08. The molecule has 0 spiro atoms. The van der Waals surface area contributed by atoms with Crippen molar-refractivity contribution in [3.63, 3.8) is 0 Å². The maximum absolute atomic E-state index is 2.41. The van der Waals surface area contributed by atoms with Crippen LogP contribution in [0.4, 0.5) is 0 Å². The van der Waals surface area contributed by atoms with E-state index in [0.717, 1.165) is 0 Å². The van der Waals surface area contributed by atoms with Crippen LogP contribution in [0.25, 0.3) is 0 Å². The molecule has 0 fully saturated rings. The molecule has 2 heteroatoms. The van der Waals surface area contributed by atoms with Gasteiger partial charge in [0.1, 0.15) is 0 Å². The quantitative estimate of drug-likeness (QED) is 0.590. The third-order valence-electron chi connectivity index (χ3n) is 2.27. The summed E-state index contributed by atoms with van der Waals surface area (Å²) in [5.74, 6) is 0. The fraction of sp³-hybridized carbons (Fsp3) is 1.00. The summed E-state index contributed by atoms with van der Waals surface area (Å²) in [6.07, 6.45) is 5.68. The monoisotopic (exact) mass is 232 g/mol. The van der Waals surface area contributed by atoms with Gasteiger partial charge in [0.05, 0.1) is 0 Å². The van der Waals surface area contributed by atoms with Crippen molar-refractivity contribution in [2.75, 3.05) is 0 Å². The van der Waals surface area contributed by atoms with Crippen molar-refractivity contribution in [1.82, 2.24) is 0 Å². The molecule has 0 amide bonds. The van der Waals surface area contributed by atoms with Gasteiger partial charge in [-0.1, -0.05) is 77.8 Å². The standard InChI is InChI=1S/2C6H16Si/c2*1-4-5-6-7(2)3/h2*7H,4-6H2,1-3H3. The summed E-state index contributed by atoms with van der Waals surface area (Å²) in [4.78, 5) is 0. The van der Waals surface area contributed by atoms with Gasteiger partial charge in [-0.3, -0.25) is 0 Å². The van der Waals surface area contributed by atoms with Crippen molar-refractivity contribution >= 4 is 17.6 Å². The Morgan fingerprint density at radius 2 is 0.929 bits per heavy atom. The van der Waals surface area contributed by atoms with Gasteiger partial charge in [0.25, 0.3) is 0 Å². The van der Waals surface area contributed by atoms with E-state index in [1.54, 1.807) is 0 Å². The van der Waals surface area contributed by atoms with E-state index in [1.165, 1.54) is 37.8 Å². The van der Waals surface area contributed by atoms with Crippen LogP contribution in [0.3, 0.4) is 0 Å². The zero-order chi connectivity index (χ0) is 11.4. The van der Waals surface area contributed by atoms with E-state index in [0.29, 0.717) is 0 Å². The summed E-state index contributed by atoms with van der Waals surface area (Å²) in [5.41, 5.74) is 0. The second kappa shape index (κ2) is 13.4. The SMILES string of the molecule is CCCC[SiH](C)C.CCCC[SiH](C)C. The average molecular weight is 233 g/mol. The average Bonchev–Trinajstić information content (AvgIpc) is 2.12. The number of unbranched alkanes of at least 4 members (excludes halogenated alkanes) is 2. The fourth-order valence-corrected chi connectivity index (χ4v) is 3.67. The van der Waals surface area contributed by atoms with Crippen LogP contribution in [0.5, 0.6) is 0 Å². The fourth-order valence-electron chi connectivity index (χ4n) is 1.22. The molecular formula is C12H32Si2. The molecular weight excluding hydrogens is 200 g/mol. The van der Waals surface area contributed by atoms with Crippen LogP contribution in [0, 0.1) is 0 Å². The molecule has 0 aromatic heterocycles. The van der Waals surface area contributed by atoms with Crippen molar-refractivity contribution in [1.29, 1.82) is 0 Å². The molecule has 14 heavy (non-hydrogen) atoms. The van der Waals surface area contributed by atoms with Gasteiger partial charge >= 0.3 is 0 Å². The minimum absolute atomic E-state index is 0.188. The summed E-state index contributed by atoms with van der Waals surface area (Å²) < 4.78 is 0. The van der Waals surface area contributed by atoms with Gasteiger partial charge in [0, 0.05) is 17.6 Å². The number of rotatable bonds is 6. The third-order valence-corrected chi connectivity index (χ3v) is 5.40. The molecule has 0 aromatic carbocycles. The molecule has 0 bridgehead atoms. The second-order valence-corrected chi connectivity index (χ2v) is 11.8. The normalized spacial score (nSPS) is 10.3. The molecule has 0 unspecified atom stereocenters. The van der Waals surface area contributed by atoms with Crippen LogP contribution in [0.15, 0.2) is 0 Å². The highest BCUT2D eigenvalue weighted by Crippen LogP contribution is 1.99. The Kier molecular flexibility index (Phi) is 16.2. The molecule has 88 valence electrons. The molecule has 0 rings (SSSR count). The molecule has 0 N–H and O–H groups in total. The molecule has 0 radical (unpaired) electrons. The number of hydrogen-bond acceptors (Lipinski definition) is 0. The van der Waals surface area contributed by atoms with E-state index >= 15 is 0 Å². The molecule has 0 aliphatic heterocycles. The van der Waals surface area contributed by atoms with E-state index in [9.17, 15) is 0 Å². The third kappa shape index (κ3) is 22.9. The molecule has 0 saturated heterocycles. The highest BCUT2D eigenvalue weighted by atomic mass is 28.3. The van der Waals surface area contributed by atoms with Gasteiger partial charge in [0.15, 0.2) is 0 Å². The molecule has 0 aliphatic rings. The molecule has 0 aromatic rings. The maximum Gasteiger partial charge on any atom is 0.0305 e. The lowest BCUT2D eigenvalue weighted by atomic mass is 10.4. The Hall–Kier alpha value is 0.434. The lowest BCUT2D eigenvalue weighted by molar-refractivity contribution is 0.875. The lowest BCUT2D eigenvalue weighted by Gasteiger charge is -1.97. The lowest BCUT2D eigenvalue weighted by Crippen LogP contribution is -1.96. The van der Waals surface area contributed by atoms with Gasteiger partial charge in [-0.2, -0.15) is 0 Å². The Labute approximate surface area is 95.7 Å². The maximum atomic E-state index is 2.41. The van der Waals surface area contributed by atoms with Crippen LogP contribution < -0.4 is 0 Å². The Morgan fingerprint density at radius 1 is 0.643 bits per heavy atom. The molecule has 0 nitrogen and oxygen atoms in total. The predicted molar refractivity (Wildman–Crippen MR) is 77.2 cm³/mol. The van der Waals surface area contributed by atoms with Crippen molar-refractivity contribution in [3.8, 4) is 0 Å². The highest BCUT2D eigenvalue weighted by Gasteiger charge is 1.91. The molecule has 0 atom stereocenters. The van der Waals surface area contributed by atoms with Gasteiger partial charge in [-0.25, -0.2) is 0 Å². The van der Waals surface area contributed by atoms with Gasteiger partial charge < -0.3 is 0 Å². The van der Waals surface area contributed by atoms with E-state index in [1.807, 2.05) is 0 Å². The first-order valence-corrected chi connectivity index (χ1v) is 12.8. The highest BCUT2D eigenvalue weighted by molar-refractivity contribution is 6.55. The van der Waals surface area contributed by atoms with Crippen LogP contribution in [0.2, 0.25) is 38.3 Å². The summed E-state index contributed by atoms with van der Waals surface area (Å²) in [6.45, 7) is 14.2. The van der Waals surface area contributed by atoms with Gasteiger partial charge in [-0.15, -0.1) is 0 Å².